The molecule has 0 nitrogen and oxygen atoms in total. The highest BCUT2D eigenvalue weighted by Crippen LogP contribution is 2.41. The fourth-order valence-corrected chi connectivity index (χ4v) is 4.42. The molecule has 0 saturated heterocycles. The second kappa shape index (κ2) is 6.27. The Morgan fingerprint density at radius 1 is 0.346 bits per heavy atom. The van der Waals surface area contributed by atoms with E-state index in [2.05, 4.69) is 81.4 Å². The lowest BCUT2D eigenvalue weighted by molar-refractivity contribution is 1.21. The fourth-order valence-electron chi connectivity index (χ4n) is 4.42. The predicted octanol–water partition coefficient (Wildman–Crippen LogP) is 7.59. The van der Waals surface area contributed by atoms with Crippen LogP contribution in [0.4, 0.5) is 0 Å². The maximum Gasteiger partial charge on any atom is -0.00677 e. The van der Waals surface area contributed by atoms with Gasteiger partial charge >= 0.3 is 0 Å². The molecule has 0 amide bonds. The summed E-state index contributed by atoms with van der Waals surface area (Å²) < 4.78 is 0. The van der Waals surface area contributed by atoms with E-state index in [4.69, 9.17) is 0 Å². The van der Waals surface area contributed by atoms with Gasteiger partial charge in [0.1, 0.15) is 0 Å². The van der Waals surface area contributed by atoms with Crippen LogP contribution in [0.5, 0.6) is 0 Å². The minimum atomic E-state index is 1.38. The molecular weight excluding hydrogens is 312 g/mol. The van der Waals surface area contributed by atoms with Crippen molar-refractivity contribution in [3.05, 3.63) is 67.8 Å². The molecule has 0 aliphatic rings. The Kier molecular flexibility index (Phi) is 4.51. The number of fused-ring (bicyclic) bond motifs is 1. The molecule has 0 heterocycles. The predicted molar refractivity (Wildman–Crippen MR) is 117 cm³/mol. The van der Waals surface area contributed by atoms with Gasteiger partial charge in [-0.15, -0.1) is 0 Å². The van der Waals surface area contributed by atoms with E-state index in [9.17, 15) is 0 Å². The van der Waals surface area contributed by atoms with Crippen LogP contribution in [0.25, 0.3) is 21.9 Å². The van der Waals surface area contributed by atoms with Crippen molar-refractivity contribution < 1.29 is 0 Å². The Balaban J connectivity index is 2.60. The zero-order chi connectivity index (χ0) is 19.5. The Labute approximate surface area is 159 Å². The molecule has 136 valence electrons. The molecule has 0 unspecified atom stereocenters. The normalized spacial score (nSPS) is 11.5. The van der Waals surface area contributed by atoms with Gasteiger partial charge in [0.2, 0.25) is 0 Å². The number of benzene rings is 3. The monoisotopic (exact) mass is 344 g/mol. The van der Waals surface area contributed by atoms with Crippen LogP contribution in [0.3, 0.4) is 0 Å². The molecule has 0 aliphatic carbocycles. The molecule has 0 aliphatic heterocycles. The molecule has 0 heteroatoms. The van der Waals surface area contributed by atoms with Crippen molar-refractivity contribution in [1.29, 1.82) is 0 Å². The van der Waals surface area contributed by atoms with Crippen LogP contribution in [-0.2, 0) is 0 Å². The van der Waals surface area contributed by atoms with Gasteiger partial charge in [0, 0.05) is 0 Å². The first-order chi connectivity index (χ1) is 12.1. The lowest BCUT2D eigenvalue weighted by Crippen LogP contribution is -2.01. The summed E-state index contributed by atoms with van der Waals surface area (Å²) in [5.74, 6) is 0. The zero-order valence-electron chi connectivity index (χ0n) is 18.2. The Bertz CT molecular complexity index is 1060. The van der Waals surface area contributed by atoms with Crippen molar-refractivity contribution in [3.8, 4) is 11.1 Å². The molecule has 3 aromatic carbocycles. The molecule has 0 N–H and O–H groups in total. The summed E-state index contributed by atoms with van der Waals surface area (Å²) in [4.78, 5) is 0. The Morgan fingerprint density at radius 3 is 1.35 bits per heavy atom. The standard InChI is InChI=1S/C26H32/c1-13-11-23(20(8)17(5)15(13)3)24-12-14(2)16(4)25-21(9)18(6)19(7)22(10)26(24)25/h11-12H,1-10H3. The van der Waals surface area contributed by atoms with Gasteiger partial charge in [-0.05, 0) is 147 Å². The summed E-state index contributed by atoms with van der Waals surface area (Å²) in [7, 11) is 0. The highest BCUT2D eigenvalue weighted by atomic mass is 14.2. The van der Waals surface area contributed by atoms with Gasteiger partial charge in [-0.1, -0.05) is 12.1 Å². The molecule has 0 atom stereocenters. The van der Waals surface area contributed by atoms with E-state index in [0.29, 0.717) is 0 Å². The smallest absolute Gasteiger partial charge is 0.00677 e. The maximum atomic E-state index is 2.41. The zero-order valence-corrected chi connectivity index (χ0v) is 18.2. The van der Waals surface area contributed by atoms with Crippen LogP contribution < -0.4 is 0 Å². The number of aryl methyl sites for hydroxylation is 5. The summed E-state index contributed by atoms with van der Waals surface area (Å²) in [5, 5.41) is 2.90. The van der Waals surface area contributed by atoms with Gasteiger partial charge in [0.15, 0.2) is 0 Å². The topological polar surface area (TPSA) is 0 Å². The minimum Gasteiger partial charge on any atom is -0.0509 e. The Hall–Kier alpha value is -2.08. The highest BCUT2D eigenvalue weighted by Gasteiger charge is 2.19. The van der Waals surface area contributed by atoms with Gasteiger partial charge in [0.25, 0.3) is 0 Å². The summed E-state index contributed by atoms with van der Waals surface area (Å²) in [6, 6.07) is 4.81. The summed E-state index contributed by atoms with van der Waals surface area (Å²) in [6.07, 6.45) is 0. The summed E-state index contributed by atoms with van der Waals surface area (Å²) >= 11 is 0. The third-order valence-corrected chi connectivity index (χ3v) is 7.06. The SMILES string of the molecule is Cc1cc(-c2cc(C)c(C)c3c(C)c(C)c(C)c(C)c23)c(C)c(C)c1C. The second-order valence-electron chi connectivity index (χ2n) is 8.23. The molecule has 0 aromatic heterocycles. The first-order valence-electron chi connectivity index (χ1n) is 9.65. The Morgan fingerprint density at radius 2 is 0.769 bits per heavy atom. The first-order valence-corrected chi connectivity index (χ1v) is 9.65. The largest absolute Gasteiger partial charge is 0.0509 e. The molecule has 3 rings (SSSR count). The molecule has 26 heavy (non-hydrogen) atoms. The maximum absolute atomic E-state index is 2.41. The van der Waals surface area contributed by atoms with E-state index < -0.39 is 0 Å². The molecule has 0 radical (unpaired) electrons. The second-order valence-corrected chi connectivity index (χ2v) is 8.23. The van der Waals surface area contributed by atoms with Gasteiger partial charge < -0.3 is 0 Å². The number of rotatable bonds is 1. The molecule has 3 aromatic rings. The van der Waals surface area contributed by atoms with Crippen molar-refractivity contribution in [2.24, 2.45) is 0 Å². The van der Waals surface area contributed by atoms with Gasteiger partial charge in [-0.2, -0.15) is 0 Å². The lowest BCUT2D eigenvalue weighted by atomic mass is 9.82. The van der Waals surface area contributed by atoms with Crippen molar-refractivity contribution in [2.45, 2.75) is 69.2 Å². The molecule has 0 saturated carbocycles. The van der Waals surface area contributed by atoms with Gasteiger partial charge in [0.05, 0.1) is 0 Å². The average molecular weight is 345 g/mol. The molecule has 0 spiro atoms. The third-order valence-electron chi connectivity index (χ3n) is 7.06. The average Bonchev–Trinajstić information content (AvgIpc) is 2.61. The number of hydrogen-bond donors (Lipinski definition) is 0. The lowest BCUT2D eigenvalue weighted by Gasteiger charge is -2.23. The summed E-state index contributed by atoms with van der Waals surface area (Å²) in [6.45, 7) is 22.7. The highest BCUT2D eigenvalue weighted by molar-refractivity contribution is 6.04. The van der Waals surface area contributed by atoms with E-state index in [0.717, 1.165) is 0 Å². The third kappa shape index (κ3) is 2.50. The van der Waals surface area contributed by atoms with Crippen LogP contribution >= 0.6 is 0 Å². The quantitative estimate of drug-likeness (QED) is 0.426. The van der Waals surface area contributed by atoms with E-state index in [1.54, 1.807) is 0 Å². The number of hydrogen-bond acceptors (Lipinski definition) is 0. The van der Waals surface area contributed by atoms with Crippen LogP contribution in [-0.4, -0.2) is 0 Å². The molecular formula is C26H32. The minimum absolute atomic E-state index is 1.38. The summed E-state index contributed by atoms with van der Waals surface area (Å²) in [5.41, 5.74) is 16.9. The van der Waals surface area contributed by atoms with Crippen LogP contribution in [0.15, 0.2) is 12.1 Å². The van der Waals surface area contributed by atoms with Crippen molar-refractivity contribution in [2.75, 3.05) is 0 Å². The van der Waals surface area contributed by atoms with E-state index in [1.165, 1.54) is 77.5 Å². The van der Waals surface area contributed by atoms with Crippen molar-refractivity contribution in [1.82, 2.24) is 0 Å². The van der Waals surface area contributed by atoms with Crippen LogP contribution in [0.1, 0.15) is 55.6 Å². The van der Waals surface area contributed by atoms with Crippen molar-refractivity contribution in [3.63, 3.8) is 0 Å². The first kappa shape index (κ1) is 18.7. The van der Waals surface area contributed by atoms with E-state index >= 15 is 0 Å². The van der Waals surface area contributed by atoms with E-state index in [-0.39, 0.29) is 0 Å². The van der Waals surface area contributed by atoms with Gasteiger partial charge in [-0.3, -0.25) is 0 Å². The van der Waals surface area contributed by atoms with Crippen molar-refractivity contribution >= 4 is 10.8 Å². The van der Waals surface area contributed by atoms with Gasteiger partial charge in [-0.25, -0.2) is 0 Å². The molecule has 0 fully saturated rings. The molecule has 0 bridgehead atoms. The fraction of sp³-hybridized carbons (Fsp3) is 0.385. The van der Waals surface area contributed by atoms with Crippen LogP contribution in [0, 0.1) is 69.2 Å². The van der Waals surface area contributed by atoms with E-state index in [1.807, 2.05) is 0 Å². The van der Waals surface area contributed by atoms with Crippen LogP contribution in [0.2, 0.25) is 0 Å².